The van der Waals surface area contributed by atoms with E-state index < -0.39 is 5.79 Å². The van der Waals surface area contributed by atoms with Crippen LogP contribution in [0, 0.1) is 5.92 Å². The third-order valence-corrected chi connectivity index (χ3v) is 6.39. The van der Waals surface area contributed by atoms with Gasteiger partial charge >= 0.3 is 0 Å². The lowest BCUT2D eigenvalue weighted by molar-refractivity contribution is -0.271. The van der Waals surface area contributed by atoms with Gasteiger partial charge in [0.05, 0.1) is 25.4 Å². The summed E-state index contributed by atoms with van der Waals surface area (Å²) in [6.07, 6.45) is 11.7. The van der Waals surface area contributed by atoms with Gasteiger partial charge < -0.3 is 24.2 Å². The first-order valence-corrected chi connectivity index (χ1v) is 10.3. The number of ether oxygens (including phenoxy) is 3. The third kappa shape index (κ3) is 2.80. The number of aryl methyl sites for hydroxylation is 1. The second-order valence-corrected chi connectivity index (χ2v) is 8.24. The zero-order valence-electron chi connectivity index (χ0n) is 16.5. The average molecular weight is 380 g/mol. The van der Waals surface area contributed by atoms with Crippen molar-refractivity contribution >= 4 is 5.57 Å². The molecular weight excluding hydrogens is 352 g/mol. The second kappa shape index (κ2) is 6.89. The summed E-state index contributed by atoms with van der Waals surface area (Å²) in [7, 11) is 1.71. The number of allylic oxidation sites excluding steroid dienone is 2. The maximum absolute atomic E-state index is 6.57. The molecule has 5 heterocycles. The molecule has 2 N–H and O–H groups in total. The van der Waals surface area contributed by atoms with E-state index >= 15 is 0 Å². The highest BCUT2D eigenvalue weighted by atomic mass is 16.7. The van der Waals surface area contributed by atoms with Crippen LogP contribution in [0.15, 0.2) is 48.6 Å². The molecule has 148 valence electrons. The SMILES string of the molecule is COC1=CC(c2ccc[nH]2)=COC12OC(C)C[C@@H]1CCCCc3ccc([nH]3)[C@H]12. The van der Waals surface area contributed by atoms with Crippen molar-refractivity contribution < 1.29 is 14.2 Å². The van der Waals surface area contributed by atoms with E-state index in [0.717, 1.165) is 29.9 Å². The second-order valence-electron chi connectivity index (χ2n) is 8.24. The van der Waals surface area contributed by atoms with E-state index in [9.17, 15) is 0 Å². The molecule has 0 radical (unpaired) electrons. The molecule has 5 rings (SSSR count). The van der Waals surface area contributed by atoms with Crippen LogP contribution < -0.4 is 0 Å². The summed E-state index contributed by atoms with van der Waals surface area (Å²) < 4.78 is 18.9. The monoisotopic (exact) mass is 380 g/mol. The molecule has 2 unspecified atom stereocenters. The van der Waals surface area contributed by atoms with Crippen LogP contribution in [0.2, 0.25) is 0 Å². The third-order valence-electron chi connectivity index (χ3n) is 6.39. The fraction of sp³-hybridized carbons (Fsp3) is 0.478. The molecule has 2 aromatic heterocycles. The molecular formula is C23H28N2O3. The zero-order valence-corrected chi connectivity index (χ0v) is 16.5. The number of fused-ring (bicyclic) bond motifs is 5. The van der Waals surface area contributed by atoms with E-state index in [0.29, 0.717) is 5.92 Å². The Morgan fingerprint density at radius 2 is 2.14 bits per heavy atom. The lowest BCUT2D eigenvalue weighted by Crippen LogP contribution is -2.53. The Balaban J connectivity index is 1.60. The molecule has 2 bridgehead atoms. The molecule has 1 fully saturated rings. The van der Waals surface area contributed by atoms with E-state index in [2.05, 4.69) is 35.1 Å². The molecule has 0 aliphatic carbocycles. The van der Waals surface area contributed by atoms with Gasteiger partial charge in [0.2, 0.25) is 0 Å². The van der Waals surface area contributed by atoms with Gasteiger partial charge in [0.25, 0.3) is 5.79 Å². The summed E-state index contributed by atoms with van der Waals surface area (Å²) in [5, 5.41) is 0. The molecule has 2 aromatic rings. The number of methoxy groups -OCH3 is 1. The quantitative estimate of drug-likeness (QED) is 0.781. The molecule has 4 atom stereocenters. The number of hydrogen-bond donors (Lipinski definition) is 2. The molecule has 5 nitrogen and oxygen atoms in total. The Kier molecular flexibility index (Phi) is 4.35. The number of hydrogen-bond acceptors (Lipinski definition) is 3. The predicted molar refractivity (Wildman–Crippen MR) is 107 cm³/mol. The van der Waals surface area contributed by atoms with Gasteiger partial charge in [0, 0.05) is 28.9 Å². The minimum Gasteiger partial charge on any atom is -0.494 e. The van der Waals surface area contributed by atoms with Crippen LogP contribution in [0.4, 0.5) is 0 Å². The van der Waals surface area contributed by atoms with Crippen LogP contribution in [0.3, 0.4) is 0 Å². The molecule has 28 heavy (non-hydrogen) atoms. The maximum atomic E-state index is 6.57. The predicted octanol–water partition coefficient (Wildman–Crippen LogP) is 4.88. The Morgan fingerprint density at radius 1 is 1.21 bits per heavy atom. The normalized spacial score (nSPS) is 32.3. The summed E-state index contributed by atoms with van der Waals surface area (Å²) in [4.78, 5) is 6.89. The smallest absolute Gasteiger partial charge is 0.277 e. The Labute approximate surface area is 165 Å². The van der Waals surface area contributed by atoms with Crippen molar-refractivity contribution in [3.8, 4) is 0 Å². The Hall–Kier alpha value is -2.40. The van der Waals surface area contributed by atoms with Crippen LogP contribution in [-0.2, 0) is 20.6 Å². The molecule has 5 heteroatoms. The van der Waals surface area contributed by atoms with Crippen molar-refractivity contribution in [2.75, 3.05) is 7.11 Å². The number of aromatic nitrogens is 2. The minimum absolute atomic E-state index is 0.0724. The van der Waals surface area contributed by atoms with Gasteiger partial charge in [0.1, 0.15) is 0 Å². The molecule has 3 aliphatic heterocycles. The summed E-state index contributed by atoms with van der Waals surface area (Å²) in [5.74, 6) is 0.353. The molecule has 0 saturated carbocycles. The van der Waals surface area contributed by atoms with Gasteiger partial charge in [0.15, 0.2) is 5.76 Å². The van der Waals surface area contributed by atoms with Crippen LogP contribution in [0.1, 0.15) is 55.6 Å². The van der Waals surface area contributed by atoms with E-state index in [1.165, 1.54) is 30.7 Å². The zero-order chi connectivity index (χ0) is 19.1. The van der Waals surface area contributed by atoms with Crippen molar-refractivity contribution in [2.24, 2.45) is 5.92 Å². The van der Waals surface area contributed by atoms with E-state index in [1.807, 2.05) is 24.6 Å². The largest absolute Gasteiger partial charge is 0.494 e. The van der Waals surface area contributed by atoms with Gasteiger partial charge in [-0.2, -0.15) is 0 Å². The van der Waals surface area contributed by atoms with E-state index in [-0.39, 0.29) is 12.0 Å². The maximum Gasteiger partial charge on any atom is 0.277 e. The fourth-order valence-electron chi connectivity index (χ4n) is 5.19. The first-order chi connectivity index (χ1) is 13.7. The van der Waals surface area contributed by atoms with Crippen LogP contribution in [0.25, 0.3) is 5.57 Å². The van der Waals surface area contributed by atoms with Crippen molar-refractivity contribution in [3.63, 3.8) is 0 Å². The van der Waals surface area contributed by atoms with Gasteiger partial charge in [-0.05, 0) is 68.9 Å². The average Bonchev–Trinajstić information content (AvgIpc) is 3.38. The summed E-state index contributed by atoms with van der Waals surface area (Å²) >= 11 is 0. The van der Waals surface area contributed by atoms with Crippen molar-refractivity contribution in [3.05, 3.63) is 65.6 Å². The first kappa shape index (κ1) is 17.7. The Morgan fingerprint density at radius 3 is 2.96 bits per heavy atom. The van der Waals surface area contributed by atoms with E-state index in [4.69, 9.17) is 14.2 Å². The summed E-state index contributed by atoms with van der Waals surface area (Å²) in [5.41, 5.74) is 4.45. The van der Waals surface area contributed by atoms with Gasteiger partial charge in [-0.3, -0.25) is 0 Å². The highest BCUT2D eigenvalue weighted by molar-refractivity contribution is 5.72. The van der Waals surface area contributed by atoms with Crippen LogP contribution in [-0.4, -0.2) is 29.0 Å². The van der Waals surface area contributed by atoms with E-state index in [1.54, 1.807) is 7.11 Å². The Bertz CT molecular complexity index is 895. The van der Waals surface area contributed by atoms with Gasteiger partial charge in [-0.15, -0.1) is 0 Å². The number of aromatic amines is 2. The van der Waals surface area contributed by atoms with Crippen LogP contribution in [0.5, 0.6) is 0 Å². The number of rotatable bonds is 2. The summed E-state index contributed by atoms with van der Waals surface area (Å²) in [6.45, 7) is 2.14. The molecule has 1 spiro atoms. The lowest BCUT2D eigenvalue weighted by Gasteiger charge is -2.49. The highest BCUT2D eigenvalue weighted by Crippen LogP contribution is 2.53. The first-order valence-electron chi connectivity index (χ1n) is 10.3. The van der Waals surface area contributed by atoms with Crippen molar-refractivity contribution in [2.45, 2.75) is 56.8 Å². The standard InChI is InChI=1S/C23H28N2O3/c1-15-12-16-6-3-4-7-18-9-10-20(25-18)22(16)23(28-15)21(26-2)13-17(14-27-23)19-8-5-11-24-19/h5,8-11,13-16,22,24-25H,3-4,6-7,12H2,1-2H3/t15?,16-,22-,23?/m0/s1. The van der Waals surface area contributed by atoms with Gasteiger partial charge in [-0.25, -0.2) is 0 Å². The lowest BCUT2D eigenvalue weighted by atomic mass is 9.73. The summed E-state index contributed by atoms with van der Waals surface area (Å²) in [6, 6.07) is 8.43. The topological polar surface area (TPSA) is 59.3 Å². The van der Waals surface area contributed by atoms with Gasteiger partial charge in [-0.1, -0.05) is 6.42 Å². The molecule has 0 aromatic carbocycles. The minimum atomic E-state index is -0.931. The molecule has 3 aliphatic rings. The highest BCUT2D eigenvalue weighted by Gasteiger charge is 2.56. The fourth-order valence-corrected chi connectivity index (χ4v) is 5.19. The van der Waals surface area contributed by atoms with Crippen molar-refractivity contribution in [1.82, 2.24) is 9.97 Å². The number of H-pyrrole nitrogens is 2. The molecule has 0 amide bonds. The molecule has 1 saturated heterocycles. The van der Waals surface area contributed by atoms with Crippen molar-refractivity contribution in [1.29, 1.82) is 0 Å². The van der Waals surface area contributed by atoms with Crippen LogP contribution >= 0.6 is 0 Å². The number of nitrogens with one attached hydrogen (secondary N) is 2.